The van der Waals surface area contributed by atoms with Gasteiger partial charge in [0.2, 0.25) is 0 Å². The number of hydrogen-bond acceptors (Lipinski definition) is 4. The smallest absolute Gasteiger partial charge is 0.306 e. The van der Waals surface area contributed by atoms with Crippen molar-refractivity contribution in [2.45, 2.75) is 52.7 Å². The summed E-state index contributed by atoms with van der Waals surface area (Å²) in [6.07, 6.45) is 1.90. The number of esters is 1. The van der Waals surface area contributed by atoms with Crippen LogP contribution < -0.4 is 4.90 Å². The van der Waals surface area contributed by atoms with Gasteiger partial charge in [-0.1, -0.05) is 36.4 Å². The SMILES string of the molecule is Cc1ccc(C=O)c(N(CCCC(=O)OC(C)(C)C)Cc2ccccc2)c1. The lowest BCUT2D eigenvalue weighted by Gasteiger charge is -2.27. The highest BCUT2D eigenvalue weighted by Crippen LogP contribution is 2.24. The van der Waals surface area contributed by atoms with Gasteiger partial charge in [0.1, 0.15) is 5.60 Å². The fourth-order valence-electron chi connectivity index (χ4n) is 2.92. The Kier molecular flexibility index (Phi) is 7.17. The Morgan fingerprint density at radius 2 is 1.81 bits per heavy atom. The molecule has 0 aromatic heterocycles. The Hall–Kier alpha value is -2.62. The molecule has 0 atom stereocenters. The standard InChI is InChI=1S/C23H29NO3/c1-18-12-13-20(17-25)21(15-18)24(16-19-9-6-5-7-10-19)14-8-11-22(26)27-23(2,3)4/h5-7,9-10,12-13,15,17H,8,11,14,16H2,1-4H3. The van der Waals surface area contributed by atoms with Crippen LogP contribution in [0.2, 0.25) is 0 Å². The van der Waals surface area contributed by atoms with Gasteiger partial charge >= 0.3 is 5.97 Å². The first kappa shape index (κ1) is 20.7. The minimum Gasteiger partial charge on any atom is -0.460 e. The van der Waals surface area contributed by atoms with Gasteiger partial charge in [-0.3, -0.25) is 9.59 Å². The minimum absolute atomic E-state index is 0.193. The minimum atomic E-state index is -0.470. The molecule has 0 aliphatic rings. The second-order valence-electron chi connectivity index (χ2n) is 7.78. The van der Waals surface area contributed by atoms with Crippen molar-refractivity contribution in [2.75, 3.05) is 11.4 Å². The predicted molar refractivity (Wildman–Crippen MR) is 109 cm³/mol. The zero-order valence-electron chi connectivity index (χ0n) is 16.7. The maximum atomic E-state index is 12.0. The zero-order valence-corrected chi connectivity index (χ0v) is 16.7. The second kappa shape index (κ2) is 9.36. The number of aldehydes is 1. The third kappa shape index (κ3) is 6.89. The first-order valence-corrected chi connectivity index (χ1v) is 9.35. The molecule has 0 bridgehead atoms. The Balaban J connectivity index is 2.14. The molecule has 2 aromatic carbocycles. The summed E-state index contributed by atoms with van der Waals surface area (Å²) in [6.45, 7) is 8.97. The molecule has 0 aliphatic heterocycles. The molecule has 0 fully saturated rings. The molecule has 0 unspecified atom stereocenters. The van der Waals surface area contributed by atoms with Gasteiger partial charge in [-0.25, -0.2) is 0 Å². The zero-order chi connectivity index (χ0) is 19.9. The highest BCUT2D eigenvalue weighted by atomic mass is 16.6. The van der Waals surface area contributed by atoms with Crippen molar-refractivity contribution in [1.29, 1.82) is 0 Å². The van der Waals surface area contributed by atoms with Gasteiger partial charge in [-0.2, -0.15) is 0 Å². The van der Waals surface area contributed by atoms with E-state index in [1.807, 2.05) is 64.1 Å². The van der Waals surface area contributed by atoms with Gasteiger partial charge in [0.25, 0.3) is 0 Å². The van der Waals surface area contributed by atoms with Crippen LogP contribution in [0.4, 0.5) is 5.69 Å². The summed E-state index contributed by atoms with van der Waals surface area (Å²) in [6, 6.07) is 15.9. The Morgan fingerprint density at radius 1 is 1.11 bits per heavy atom. The number of benzene rings is 2. The summed E-state index contributed by atoms with van der Waals surface area (Å²) in [4.78, 5) is 25.7. The molecule has 27 heavy (non-hydrogen) atoms. The van der Waals surface area contributed by atoms with E-state index in [9.17, 15) is 9.59 Å². The number of carbonyl (C=O) groups is 2. The van der Waals surface area contributed by atoms with Crippen molar-refractivity contribution in [3.63, 3.8) is 0 Å². The summed E-state index contributed by atoms with van der Waals surface area (Å²) in [5, 5.41) is 0. The van der Waals surface area contributed by atoms with Crippen molar-refractivity contribution in [1.82, 2.24) is 0 Å². The summed E-state index contributed by atoms with van der Waals surface area (Å²) in [5.41, 5.74) is 3.35. The van der Waals surface area contributed by atoms with E-state index in [1.54, 1.807) is 0 Å². The van der Waals surface area contributed by atoms with Gasteiger partial charge in [0.15, 0.2) is 6.29 Å². The van der Waals surface area contributed by atoms with Crippen LogP contribution in [0.1, 0.15) is 55.1 Å². The topological polar surface area (TPSA) is 46.6 Å². The number of hydrogen-bond donors (Lipinski definition) is 0. The monoisotopic (exact) mass is 367 g/mol. The summed E-state index contributed by atoms with van der Waals surface area (Å²) in [5.74, 6) is -0.193. The van der Waals surface area contributed by atoms with Gasteiger partial charge < -0.3 is 9.64 Å². The molecule has 4 heteroatoms. The van der Waals surface area contributed by atoms with Gasteiger partial charge in [-0.15, -0.1) is 0 Å². The Morgan fingerprint density at radius 3 is 2.44 bits per heavy atom. The van der Waals surface area contributed by atoms with Crippen LogP contribution in [0.3, 0.4) is 0 Å². The van der Waals surface area contributed by atoms with E-state index in [2.05, 4.69) is 17.0 Å². The predicted octanol–water partition coefficient (Wildman–Crippen LogP) is 4.94. The van der Waals surface area contributed by atoms with Crippen molar-refractivity contribution < 1.29 is 14.3 Å². The molecule has 0 heterocycles. The van der Waals surface area contributed by atoms with E-state index in [-0.39, 0.29) is 5.97 Å². The maximum absolute atomic E-state index is 12.0. The number of carbonyl (C=O) groups excluding carboxylic acids is 2. The molecule has 0 saturated heterocycles. The fourth-order valence-corrected chi connectivity index (χ4v) is 2.92. The molecule has 4 nitrogen and oxygen atoms in total. The molecule has 2 aromatic rings. The van der Waals surface area contributed by atoms with E-state index in [4.69, 9.17) is 4.74 Å². The van der Waals surface area contributed by atoms with Gasteiger partial charge in [0.05, 0.1) is 0 Å². The summed E-state index contributed by atoms with van der Waals surface area (Å²) in [7, 11) is 0. The highest BCUT2D eigenvalue weighted by molar-refractivity contribution is 5.85. The van der Waals surface area contributed by atoms with Crippen LogP contribution in [0, 0.1) is 6.92 Å². The molecule has 0 spiro atoms. The van der Waals surface area contributed by atoms with Crippen molar-refractivity contribution >= 4 is 17.9 Å². The molecule has 2 rings (SSSR count). The summed E-state index contributed by atoms with van der Waals surface area (Å²) < 4.78 is 5.39. The van der Waals surface area contributed by atoms with Crippen LogP contribution in [0.25, 0.3) is 0 Å². The lowest BCUT2D eigenvalue weighted by atomic mass is 10.1. The average Bonchev–Trinajstić information content (AvgIpc) is 2.60. The highest BCUT2D eigenvalue weighted by Gasteiger charge is 2.17. The Bertz CT molecular complexity index is 763. The third-order valence-corrected chi connectivity index (χ3v) is 4.10. The maximum Gasteiger partial charge on any atom is 0.306 e. The second-order valence-corrected chi connectivity index (χ2v) is 7.78. The lowest BCUT2D eigenvalue weighted by Crippen LogP contribution is -2.27. The van der Waals surface area contributed by atoms with Crippen LogP contribution in [0.5, 0.6) is 0 Å². The molecule has 0 saturated carbocycles. The van der Waals surface area contributed by atoms with Crippen molar-refractivity contribution in [2.24, 2.45) is 0 Å². The van der Waals surface area contributed by atoms with E-state index < -0.39 is 5.60 Å². The van der Waals surface area contributed by atoms with Crippen molar-refractivity contribution in [3.05, 3.63) is 65.2 Å². The van der Waals surface area contributed by atoms with Crippen LogP contribution in [-0.4, -0.2) is 24.4 Å². The number of nitrogens with zero attached hydrogens (tertiary/aromatic N) is 1. The first-order chi connectivity index (χ1) is 12.8. The molecule has 0 amide bonds. The van der Waals surface area contributed by atoms with E-state index in [1.165, 1.54) is 0 Å². The van der Waals surface area contributed by atoms with Gasteiger partial charge in [-0.05, 0) is 57.4 Å². The number of anilines is 1. The van der Waals surface area contributed by atoms with Gasteiger partial charge in [0, 0.05) is 30.8 Å². The van der Waals surface area contributed by atoms with Crippen LogP contribution in [0.15, 0.2) is 48.5 Å². The number of rotatable bonds is 8. The quantitative estimate of drug-likeness (QED) is 0.490. The first-order valence-electron chi connectivity index (χ1n) is 9.35. The van der Waals surface area contributed by atoms with Crippen molar-refractivity contribution in [3.8, 4) is 0 Å². The van der Waals surface area contributed by atoms with E-state index in [0.29, 0.717) is 31.5 Å². The molecule has 0 N–H and O–H groups in total. The average molecular weight is 367 g/mol. The molecular weight excluding hydrogens is 338 g/mol. The molecular formula is C23H29NO3. The third-order valence-electron chi connectivity index (χ3n) is 4.10. The number of aryl methyl sites for hydroxylation is 1. The van der Waals surface area contributed by atoms with E-state index >= 15 is 0 Å². The van der Waals surface area contributed by atoms with E-state index in [0.717, 1.165) is 23.1 Å². The largest absolute Gasteiger partial charge is 0.460 e. The van der Waals surface area contributed by atoms with Crippen LogP contribution >= 0.6 is 0 Å². The number of ether oxygens (including phenoxy) is 1. The molecule has 0 aliphatic carbocycles. The van der Waals surface area contributed by atoms with Crippen LogP contribution in [-0.2, 0) is 16.1 Å². The summed E-state index contributed by atoms with van der Waals surface area (Å²) >= 11 is 0. The molecule has 144 valence electrons. The molecule has 0 radical (unpaired) electrons. The normalized spacial score (nSPS) is 11.1. The Labute approximate surface area is 162 Å². The lowest BCUT2D eigenvalue weighted by molar-refractivity contribution is -0.154. The fraction of sp³-hybridized carbons (Fsp3) is 0.391.